The van der Waals surface area contributed by atoms with E-state index in [0.29, 0.717) is 17.2 Å². The van der Waals surface area contributed by atoms with Crippen LogP contribution in [0, 0.1) is 0 Å². The van der Waals surface area contributed by atoms with Crippen molar-refractivity contribution in [1.82, 2.24) is 25.4 Å². The molecule has 3 heterocycles. The number of carbonyl (C=O) groups is 1. The average molecular weight is 289 g/mol. The number of esters is 1. The van der Waals surface area contributed by atoms with Gasteiger partial charge in [0.25, 0.3) is 5.82 Å². The first-order valence-electron chi connectivity index (χ1n) is 6.20. The summed E-state index contributed by atoms with van der Waals surface area (Å²) in [6.45, 7) is 2.14. The first-order valence-corrected chi connectivity index (χ1v) is 6.20. The predicted molar refractivity (Wildman–Crippen MR) is 67.1 cm³/mol. The summed E-state index contributed by atoms with van der Waals surface area (Å²) < 4.78 is 16.5. The highest BCUT2D eigenvalue weighted by atomic mass is 16.5. The summed E-state index contributed by atoms with van der Waals surface area (Å²) in [5.41, 5.74) is 0.555. The van der Waals surface area contributed by atoms with Gasteiger partial charge in [-0.15, -0.1) is 5.10 Å². The normalized spacial score (nSPS) is 10.7. The number of nitrogens with zero attached hydrogens (tertiary/aromatic N) is 5. The highest BCUT2D eigenvalue weighted by Crippen LogP contribution is 2.20. The largest absolute Gasteiger partial charge is 0.461 e. The number of tetrazole rings is 1. The number of rotatable bonds is 5. The number of aromatic nitrogens is 5. The molecule has 9 nitrogen and oxygen atoms in total. The van der Waals surface area contributed by atoms with E-state index in [1.807, 2.05) is 0 Å². The summed E-state index contributed by atoms with van der Waals surface area (Å²) in [6.07, 6.45) is 1.54. The lowest BCUT2D eigenvalue weighted by Crippen LogP contribution is -2.15. The third kappa shape index (κ3) is 2.66. The Bertz CT molecular complexity index is 731. The monoisotopic (exact) mass is 289 g/mol. The standard InChI is InChI=1S/C12H11N5O4/c1-2-19-12(18)11-13-15-16-17(11)7-8-6-10(21-14-8)9-4-3-5-20-9/h3-6H,2,7H2,1H3. The molecule has 0 aliphatic rings. The second-order valence-corrected chi connectivity index (χ2v) is 4.04. The van der Waals surface area contributed by atoms with Crippen molar-refractivity contribution < 1.29 is 18.5 Å². The van der Waals surface area contributed by atoms with Crippen LogP contribution in [-0.2, 0) is 11.3 Å². The lowest BCUT2D eigenvalue weighted by atomic mass is 10.3. The van der Waals surface area contributed by atoms with Gasteiger partial charge in [-0.05, 0) is 29.5 Å². The highest BCUT2D eigenvalue weighted by Gasteiger charge is 2.18. The molecule has 0 bridgehead atoms. The maximum absolute atomic E-state index is 11.7. The van der Waals surface area contributed by atoms with Crippen LogP contribution in [0.25, 0.3) is 11.5 Å². The van der Waals surface area contributed by atoms with Crippen LogP contribution in [0.15, 0.2) is 33.4 Å². The minimum absolute atomic E-state index is 0.0133. The van der Waals surface area contributed by atoms with Gasteiger partial charge in [-0.3, -0.25) is 0 Å². The third-order valence-electron chi connectivity index (χ3n) is 2.62. The number of hydrogen-bond acceptors (Lipinski definition) is 8. The average Bonchev–Trinajstić information content (AvgIpc) is 3.20. The van der Waals surface area contributed by atoms with E-state index in [0.717, 1.165) is 0 Å². The van der Waals surface area contributed by atoms with Crippen molar-refractivity contribution in [3.05, 3.63) is 36.0 Å². The topological polar surface area (TPSA) is 109 Å². The zero-order valence-corrected chi connectivity index (χ0v) is 11.1. The quantitative estimate of drug-likeness (QED) is 0.643. The summed E-state index contributed by atoms with van der Waals surface area (Å²) in [5, 5.41) is 14.7. The van der Waals surface area contributed by atoms with Gasteiger partial charge in [0.1, 0.15) is 5.69 Å². The van der Waals surface area contributed by atoms with E-state index >= 15 is 0 Å². The Morgan fingerprint density at radius 3 is 3.10 bits per heavy atom. The molecule has 0 unspecified atom stereocenters. The van der Waals surface area contributed by atoms with Crippen LogP contribution < -0.4 is 0 Å². The Kier molecular flexibility index (Phi) is 3.46. The maximum Gasteiger partial charge on any atom is 0.378 e. The Morgan fingerprint density at radius 2 is 2.33 bits per heavy atom. The molecule has 0 aliphatic carbocycles. The number of hydrogen-bond donors (Lipinski definition) is 0. The zero-order chi connectivity index (χ0) is 14.7. The minimum Gasteiger partial charge on any atom is -0.461 e. The molecule has 0 amide bonds. The van der Waals surface area contributed by atoms with E-state index in [4.69, 9.17) is 13.7 Å². The molecule has 0 saturated carbocycles. The van der Waals surface area contributed by atoms with Gasteiger partial charge >= 0.3 is 5.97 Å². The molecular weight excluding hydrogens is 278 g/mol. The Hall–Kier alpha value is -2.97. The lowest BCUT2D eigenvalue weighted by Gasteiger charge is -2.01. The Morgan fingerprint density at radius 1 is 1.43 bits per heavy atom. The molecule has 0 spiro atoms. The van der Waals surface area contributed by atoms with E-state index in [9.17, 15) is 4.79 Å². The Labute approximate surface area is 118 Å². The summed E-state index contributed by atoms with van der Waals surface area (Å²) in [7, 11) is 0. The first kappa shape index (κ1) is 13.0. The molecule has 0 fully saturated rings. The van der Waals surface area contributed by atoms with Gasteiger partial charge in [-0.1, -0.05) is 5.16 Å². The van der Waals surface area contributed by atoms with E-state index in [1.54, 1.807) is 25.1 Å². The molecule has 0 aliphatic heterocycles. The molecule has 3 aromatic heterocycles. The van der Waals surface area contributed by atoms with Crippen LogP contribution in [0.1, 0.15) is 23.2 Å². The molecule has 0 aromatic carbocycles. The van der Waals surface area contributed by atoms with Gasteiger partial charge in [0, 0.05) is 6.07 Å². The summed E-state index contributed by atoms with van der Waals surface area (Å²) in [6, 6.07) is 5.19. The molecule has 0 atom stereocenters. The van der Waals surface area contributed by atoms with Gasteiger partial charge < -0.3 is 13.7 Å². The molecule has 108 valence electrons. The molecular formula is C12H11N5O4. The molecule has 0 radical (unpaired) electrons. The number of ether oxygens (including phenoxy) is 1. The maximum atomic E-state index is 11.7. The molecule has 0 N–H and O–H groups in total. The molecule has 0 saturated heterocycles. The molecule has 3 aromatic rings. The third-order valence-corrected chi connectivity index (χ3v) is 2.62. The zero-order valence-electron chi connectivity index (χ0n) is 11.1. The van der Waals surface area contributed by atoms with Gasteiger partial charge in [-0.2, -0.15) is 0 Å². The highest BCUT2D eigenvalue weighted by molar-refractivity contribution is 5.85. The van der Waals surface area contributed by atoms with Crippen molar-refractivity contribution in [1.29, 1.82) is 0 Å². The first-order chi connectivity index (χ1) is 10.3. The number of carbonyl (C=O) groups excluding carboxylic acids is 1. The van der Waals surface area contributed by atoms with Crippen molar-refractivity contribution in [2.45, 2.75) is 13.5 Å². The summed E-state index contributed by atoms with van der Waals surface area (Å²) >= 11 is 0. The van der Waals surface area contributed by atoms with Crippen molar-refractivity contribution >= 4 is 5.97 Å². The molecule has 3 rings (SSSR count). The van der Waals surface area contributed by atoms with Crippen LogP contribution >= 0.6 is 0 Å². The molecule has 21 heavy (non-hydrogen) atoms. The van der Waals surface area contributed by atoms with E-state index in [1.165, 1.54) is 10.9 Å². The lowest BCUT2D eigenvalue weighted by molar-refractivity contribution is 0.0505. The van der Waals surface area contributed by atoms with Crippen LogP contribution in [0.4, 0.5) is 0 Å². The number of furan rings is 1. The van der Waals surface area contributed by atoms with Crippen molar-refractivity contribution in [2.75, 3.05) is 6.61 Å². The van der Waals surface area contributed by atoms with Gasteiger partial charge in [0.2, 0.25) is 5.76 Å². The van der Waals surface area contributed by atoms with Gasteiger partial charge in [-0.25, -0.2) is 9.48 Å². The fourth-order valence-corrected chi connectivity index (χ4v) is 1.73. The summed E-state index contributed by atoms with van der Waals surface area (Å²) in [4.78, 5) is 11.7. The second kappa shape index (κ2) is 5.57. The van der Waals surface area contributed by atoms with Crippen LogP contribution in [0.2, 0.25) is 0 Å². The van der Waals surface area contributed by atoms with Crippen molar-refractivity contribution in [3.63, 3.8) is 0 Å². The fourth-order valence-electron chi connectivity index (χ4n) is 1.73. The van der Waals surface area contributed by atoms with Crippen LogP contribution in [-0.4, -0.2) is 37.9 Å². The van der Waals surface area contributed by atoms with Crippen LogP contribution in [0.3, 0.4) is 0 Å². The smallest absolute Gasteiger partial charge is 0.378 e. The van der Waals surface area contributed by atoms with Gasteiger partial charge in [0.05, 0.1) is 19.4 Å². The van der Waals surface area contributed by atoms with E-state index in [2.05, 4.69) is 20.7 Å². The van der Waals surface area contributed by atoms with Crippen molar-refractivity contribution in [2.24, 2.45) is 0 Å². The fraction of sp³-hybridized carbons (Fsp3) is 0.250. The molecule has 9 heteroatoms. The minimum atomic E-state index is -0.586. The van der Waals surface area contributed by atoms with Crippen molar-refractivity contribution in [3.8, 4) is 11.5 Å². The van der Waals surface area contributed by atoms with E-state index in [-0.39, 0.29) is 19.0 Å². The van der Waals surface area contributed by atoms with Gasteiger partial charge in [0.15, 0.2) is 5.76 Å². The van der Waals surface area contributed by atoms with E-state index < -0.39 is 5.97 Å². The second-order valence-electron chi connectivity index (χ2n) is 4.04. The predicted octanol–water partition coefficient (Wildman–Crippen LogP) is 1.15. The summed E-state index contributed by atoms with van der Waals surface area (Å²) in [5.74, 6) is 0.480. The van der Waals surface area contributed by atoms with Crippen LogP contribution in [0.5, 0.6) is 0 Å². The Balaban J connectivity index is 1.79. The SMILES string of the molecule is CCOC(=O)c1nnnn1Cc1cc(-c2ccco2)on1.